The number of hydrogen-bond acceptors (Lipinski definition) is 4. The zero-order chi connectivity index (χ0) is 23.1. The lowest BCUT2D eigenvalue weighted by Crippen LogP contribution is -2.70. The largest absolute Gasteiger partial charge is 0.497 e. The summed E-state index contributed by atoms with van der Waals surface area (Å²) in [5.74, 6) is 1.95. The fourth-order valence-corrected chi connectivity index (χ4v) is 9.46. The van der Waals surface area contributed by atoms with E-state index in [2.05, 4.69) is 33.0 Å². The molecule has 5 nitrogen and oxygen atoms in total. The topological polar surface area (TPSA) is 45.7 Å². The summed E-state index contributed by atoms with van der Waals surface area (Å²) in [6.07, 6.45) is 7.06. The molecule has 2 aromatic rings. The second kappa shape index (κ2) is 7.27. The summed E-state index contributed by atoms with van der Waals surface area (Å²) in [5.41, 5.74) is 3.64. The van der Waals surface area contributed by atoms with Crippen LogP contribution in [-0.2, 0) is 11.8 Å². The summed E-state index contributed by atoms with van der Waals surface area (Å²) >= 11 is 0. The van der Waals surface area contributed by atoms with Crippen molar-refractivity contribution in [3.8, 4) is 5.75 Å². The van der Waals surface area contributed by atoms with Gasteiger partial charge in [-0.15, -0.1) is 0 Å². The molecular formula is C28H32FN3O2. The molecular weight excluding hydrogens is 429 g/mol. The molecule has 4 bridgehead atoms. The second-order valence-electron chi connectivity index (χ2n) is 11.1. The fourth-order valence-electron chi connectivity index (χ4n) is 9.46. The lowest BCUT2D eigenvalue weighted by Gasteiger charge is -2.66. The quantitative estimate of drug-likeness (QED) is 0.694. The molecule has 2 saturated heterocycles. The van der Waals surface area contributed by atoms with Crippen LogP contribution in [0.25, 0.3) is 0 Å². The van der Waals surface area contributed by atoms with Crippen LogP contribution in [0.2, 0.25) is 0 Å². The number of carbonyl (C=O) groups is 1. The number of ether oxygens (including phenoxy) is 1. The average molecular weight is 462 g/mol. The van der Waals surface area contributed by atoms with E-state index in [9.17, 15) is 9.18 Å². The van der Waals surface area contributed by atoms with E-state index in [4.69, 9.17) is 4.74 Å². The number of alkyl halides is 1. The number of rotatable bonds is 4. The molecule has 0 spiro atoms. The van der Waals surface area contributed by atoms with Gasteiger partial charge in [0.25, 0.3) is 5.91 Å². The molecule has 4 fully saturated rings. The third-order valence-corrected chi connectivity index (χ3v) is 10.3. The van der Waals surface area contributed by atoms with Gasteiger partial charge < -0.3 is 9.64 Å². The van der Waals surface area contributed by atoms with Gasteiger partial charge >= 0.3 is 0 Å². The van der Waals surface area contributed by atoms with Crippen molar-refractivity contribution in [3.05, 3.63) is 59.4 Å². The van der Waals surface area contributed by atoms with E-state index in [0.29, 0.717) is 30.1 Å². The van der Waals surface area contributed by atoms with Crippen molar-refractivity contribution >= 4 is 5.91 Å². The Balaban J connectivity index is 1.36. The molecule has 6 atom stereocenters. The molecule has 2 aliphatic heterocycles. The average Bonchev–Trinajstić information content (AvgIpc) is 3.32. The molecule has 1 aromatic heterocycles. The Morgan fingerprint density at radius 2 is 2.18 bits per heavy atom. The number of nitrogens with zero attached hydrogens (tertiary/aromatic N) is 3. The van der Waals surface area contributed by atoms with E-state index in [0.717, 1.165) is 50.9 Å². The van der Waals surface area contributed by atoms with Crippen LogP contribution >= 0.6 is 0 Å². The van der Waals surface area contributed by atoms with E-state index in [1.54, 1.807) is 13.3 Å². The minimum absolute atomic E-state index is 0.0410. The lowest BCUT2D eigenvalue weighted by atomic mass is 9.43. The van der Waals surface area contributed by atoms with Gasteiger partial charge in [0.05, 0.1) is 7.11 Å². The van der Waals surface area contributed by atoms with Crippen molar-refractivity contribution in [2.75, 3.05) is 33.4 Å². The number of aromatic nitrogens is 1. The maximum Gasteiger partial charge on any atom is 0.272 e. The van der Waals surface area contributed by atoms with Gasteiger partial charge in [0.15, 0.2) is 0 Å². The molecule has 1 aromatic carbocycles. The number of fused-ring (bicyclic) bond motifs is 1. The SMILES string of the molecule is COc1ccc2c(c1)[C@]13CCN(CCF)[C@H](C2)[C@]12CCC1C3[C@@H](CN1C(=O)c1ccccn1)C2. The van der Waals surface area contributed by atoms with Crippen molar-refractivity contribution in [1.29, 1.82) is 0 Å². The number of piperidine rings is 1. The summed E-state index contributed by atoms with van der Waals surface area (Å²) in [6, 6.07) is 12.9. The van der Waals surface area contributed by atoms with Gasteiger partial charge in [0.1, 0.15) is 18.1 Å². The van der Waals surface area contributed by atoms with Crippen LogP contribution in [0, 0.1) is 17.3 Å². The molecule has 6 heteroatoms. The van der Waals surface area contributed by atoms with Crippen LogP contribution in [0.15, 0.2) is 42.6 Å². The Morgan fingerprint density at radius 1 is 1.26 bits per heavy atom. The summed E-state index contributed by atoms with van der Waals surface area (Å²) < 4.78 is 19.3. The van der Waals surface area contributed by atoms with Crippen LogP contribution in [0.3, 0.4) is 0 Å². The van der Waals surface area contributed by atoms with Crippen LogP contribution in [0.1, 0.15) is 47.3 Å². The van der Waals surface area contributed by atoms with Crippen molar-refractivity contribution in [3.63, 3.8) is 0 Å². The molecule has 2 unspecified atom stereocenters. The predicted molar refractivity (Wildman–Crippen MR) is 127 cm³/mol. The van der Waals surface area contributed by atoms with E-state index >= 15 is 0 Å². The zero-order valence-electron chi connectivity index (χ0n) is 19.8. The number of methoxy groups -OCH3 is 1. The third kappa shape index (κ3) is 2.43. The standard InChI is InChI=1S/C28H32FN3O2/c1-34-20-6-5-18-14-24-27-8-7-23-25(28(27,21(18)15-20)9-12-31(24)13-10-29)19(16-27)17-32(23)26(33)22-4-2-3-11-30-22/h2-6,11,15,19,23-25H,7-10,12-14,16-17H2,1H3/t19-,23?,24-,25?,27-,28+/m1/s1. The highest BCUT2D eigenvalue weighted by Gasteiger charge is 2.76. The number of carbonyl (C=O) groups excluding carboxylic acids is 1. The van der Waals surface area contributed by atoms with Gasteiger partial charge in [-0.3, -0.25) is 14.7 Å². The molecule has 3 aliphatic carbocycles. The van der Waals surface area contributed by atoms with Crippen molar-refractivity contribution in [2.45, 2.75) is 49.6 Å². The second-order valence-corrected chi connectivity index (χ2v) is 11.1. The lowest BCUT2D eigenvalue weighted by molar-refractivity contribution is -0.102. The van der Waals surface area contributed by atoms with Gasteiger partial charge in [-0.2, -0.15) is 0 Å². The minimum Gasteiger partial charge on any atom is -0.497 e. The summed E-state index contributed by atoms with van der Waals surface area (Å²) in [6.45, 7) is 2.02. The first-order valence-corrected chi connectivity index (χ1v) is 12.8. The number of halogens is 1. The molecule has 0 radical (unpaired) electrons. The van der Waals surface area contributed by atoms with E-state index in [1.807, 2.05) is 18.2 Å². The first-order chi connectivity index (χ1) is 16.6. The van der Waals surface area contributed by atoms with Crippen LogP contribution in [0.4, 0.5) is 4.39 Å². The summed E-state index contributed by atoms with van der Waals surface area (Å²) in [7, 11) is 1.75. The zero-order valence-corrected chi connectivity index (χ0v) is 19.8. The van der Waals surface area contributed by atoms with E-state index in [-0.39, 0.29) is 29.5 Å². The Bertz CT molecular complexity index is 1140. The molecule has 34 heavy (non-hydrogen) atoms. The maximum atomic E-state index is 13.6. The minimum atomic E-state index is -0.281. The first kappa shape index (κ1) is 20.9. The monoisotopic (exact) mass is 461 g/mol. The number of hydrogen-bond donors (Lipinski definition) is 0. The van der Waals surface area contributed by atoms with Gasteiger partial charge in [-0.25, -0.2) is 4.39 Å². The highest BCUT2D eigenvalue weighted by atomic mass is 19.1. The number of pyridine rings is 1. The molecule has 5 aliphatic rings. The van der Waals surface area contributed by atoms with Crippen molar-refractivity contribution in [2.24, 2.45) is 17.3 Å². The van der Waals surface area contributed by atoms with E-state index in [1.165, 1.54) is 11.1 Å². The Kier molecular flexibility index (Phi) is 4.46. The maximum absolute atomic E-state index is 13.6. The predicted octanol–water partition coefficient (Wildman–Crippen LogP) is 3.87. The highest BCUT2D eigenvalue weighted by Crippen LogP contribution is 2.75. The Morgan fingerprint density at radius 3 is 2.97 bits per heavy atom. The van der Waals surface area contributed by atoms with Gasteiger partial charge in [0, 0.05) is 36.8 Å². The van der Waals surface area contributed by atoms with Crippen LogP contribution < -0.4 is 4.74 Å². The molecule has 7 rings (SSSR count). The van der Waals surface area contributed by atoms with Crippen LogP contribution in [0.5, 0.6) is 5.75 Å². The number of likely N-dealkylation sites (tertiary alicyclic amines) is 2. The molecule has 0 N–H and O–H groups in total. The molecule has 1 amide bonds. The summed E-state index contributed by atoms with van der Waals surface area (Å²) in [4.78, 5) is 22.6. The molecule has 3 heterocycles. The number of benzene rings is 1. The number of amides is 1. The van der Waals surface area contributed by atoms with Crippen LogP contribution in [-0.4, -0.2) is 66.2 Å². The molecule has 2 saturated carbocycles. The van der Waals surface area contributed by atoms with Gasteiger partial charge in [-0.05, 0) is 91.3 Å². The van der Waals surface area contributed by atoms with Crippen molar-refractivity contribution in [1.82, 2.24) is 14.8 Å². The highest BCUT2D eigenvalue weighted by molar-refractivity contribution is 5.92. The van der Waals surface area contributed by atoms with Gasteiger partial charge in [-0.1, -0.05) is 12.1 Å². The molecule has 178 valence electrons. The van der Waals surface area contributed by atoms with E-state index < -0.39 is 0 Å². The normalized spacial score (nSPS) is 37.3. The first-order valence-electron chi connectivity index (χ1n) is 12.8. The Labute approximate surface area is 200 Å². The Hall–Kier alpha value is -2.47. The fraction of sp³-hybridized carbons (Fsp3) is 0.571. The third-order valence-electron chi connectivity index (χ3n) is 10.3. The smallest absolute Gasteiger partial charge is 0.272 e. The van der Waals surface area contributed by atoms with Gasteiger partial charge in [0.2, 0.25) is 0 Å². The summed E-state index contributed by atoms with van der Waals surface area (Å²) in [5, 5.41) is 0. The van der Waals surface area contributed by atoms with Crippen molar-refractivity contribution < 1.29 is 13.9 Å².